The number of methoxy groups -OCH3 is 1. The van der Waals surface area contributed by atoms with Crippen LogP contribution in [0.15, 0.2) is 42.7 Å². The van der Waals surface area contributed by atoms with E-state index in [9.17, 15) is 4.79 Å². The third-order valence-electron chi connectivity index (χ3n) is 4.47. The van der Waals surface area contributed by atoms with Gasteiger partial charge in [0.1, 0.15) is 5.75 Å². The number of amides is 1. The van der Waals surface area contributed by atoms with Crippen LogP contribution in [0.4, 0.5) is 0 Å². The Kier molecular flexibility index (Phi) is 5.11. The minimum atomic E-state index is 0.0662. The zero-order valence-electron chi connectivity index (χ0n) is 14.2. The van der Waals surface area contributed by atoms with Gasteiger partial charge < -0.3 is 15.0 Å². The molecule has 24 heavy (non-hydrogen) atoms. The molecule has 5 heteroatoms. The lowest BCUT2D eigenvalue weighted by molar-refractivity contribution is 0.0787. The molecule has 1 N–H and O–H groups in total. The van der Waals surface area contributed by atoms with Crippen molar-refractivity contribution in [2.24, 2.45) is 5.92 Å². The number of carbonyl (C=O) groups excluding carboxylic acids is 1. The SMILES string of the molecule is CNC[C@@H]1CCN(C(=O)c2cncc(-c3ccc(OC)cc3)c2)C1. The fraction of sp³-hybridized carbons (Fsp3) is 0.368. The molecule has 1 fully saturated rings. The van der Waals surface area contributed by atoms with E-state index in [2.05, 4.69) is 10.3 Å². The molecule has 126 valence electrons. The number of hydrogen-bond donors (Lipinski definition) is 1. The lowest BCUT2D eigenvalue weighted by Gasteiger charge is -2.17. The van der Waals surface area contributed by atoms with E-state index in [1.807, 2.05) is 42.3 Å². The van der Waals surface area contributed by atoms with Crippen LogP contribution >= 0.6 is 0 Å². The summed E-state index contributed by atoms with van der Waals surface area (Å²) in [6, 6.07) is 9.69. The van der Waals surface area contributed by atoms with Crippen LogP contribution in [0.1, 0.15) is 16.8 Å². The van der Waals surface area contributed by atoms with Crippen LogP contribution in [0.25, 0.3) is 11.1 Å². The summed E-state index contributed by atoms with van der Waals surface area (Å²) >= 11 is 0. The lowest BCUT2D eigenvalue weighted by Crippen LogP contribution is -2.30. The van der Waals surface area contributed by atoms with Crippen molar-refractivity contribution in [2.45, 2.75) is 6.42 Å². The summed E-state index contributed by atoms with van der Waals surface area (Å²) in [7, 11) is 3.60. The van der Waals surface area contributed by atoms with Crippen molar-refractivity contribution >= 4 is 5.91 Å². The van der Waals surface area contributed by atoms with E-state index in [1.54, 1.807) is 19.5 Å². The number of nitrogens with one attached hydrogen (secondary N) is 1. The number of pyridine rings is 1. The predicted molar refractivity (Wildman–Crippen MR) is 94.2 cm³/mol. The van der Waals surface area contributed by atoms with Crippen molar-refractivity contribution in [3.63, 3.8) is 0 Å². The van der Waals surface area contributed by atoms with Gasteiger partial charge in [-0.05, 0) is 49.7 Å². The lowest BCUT2D eigenvalue weighted by atomic mass is 10.1. The van der Waals surface area contributed by atoms with Crippen LogP contribution in [-0.4, -0.2) is 49.6 Å². The predicted octanol–water partition coefficient (Wildman–Crippen LogP) is 2.44. The second-order valence-electron chi connectivity index (χ2n) is 6.15. The number of likely N-dealkylation sites (tertiary alicyclic amines) is 1. The fourth-order valence-electron chi connectivity index (χ4n) is 3.15. The van der Waals surface area contributed by atoms with Gasteiger partial charge in [-0.1, -0.05) is 12.1 Å². The Morgan fingerprint density at radius 3 is 2.79 bits per heavy atom. The van der Waals surface area contributed by atoms with E-state index >= 15 is 0 Å². The smallest absolute Gasteiger partial charge is 0.255 e. The molecule has 0 unspecified atom stereocenters. The summed E-state index contributed by atoms with van der Waals surface area (Å²) < 4.78 is 5.18. The van der Waals surface area contributed by atoms with Crippen molar-refractivity contribution < 1.29 is 9.53 Å². The average molecular weight is 325 g/mol. The highest BCUT2D eigenvalue weighted by Crippen LogP contribution is 2.24. The molecule has 0 radical (unpaired) electrons. The molecule has 0 saturated carbocycles. The van der Waals surface area contributed by atoms with Gasteiger partial charge in [0.2, 0.25) is 0 Å². The highest BCUT2D eigenvalue weighted by atomic mass is 16.5. The third-order valence-corrected chi connectivity index (χ3v) is 4.47. The molecular formula is C19H23N3O2. The number of rotatable bonds is 5. The van der Waals surface area contributed by atoms with Gasteiger partial charge in [-0.25, -0.2) is 0 Å². The molecule has 2 aromatic rings. The molecule has 1 aromatic carbocycles. The Morgan fingerprint density at radius 1 is 1.29 bits per heavy atom. The molecule has 1 atom stereocenters. The van der Waals surface area contributed by atoms with Crippen LogP contribution in [0.3, 0.4) is 0 Å². The van der Waals surface area contributed by atoms with Gasteiger partial charge in [0.15, 0.2) is 0 Å². The number of ether oxygens (including phenoxy) is 1. The van der Waals surface area contributed by atoms with Gasteiger partial charge in [0, 0.05) is 31.0 Å². The van der Waals surface area contributed by atoms with E-state index < -0.39 is 0 Å². The molecule has 5 nitrogen and oxygen atoms in total. The van der Waals surface area contributed by atoms with Crippen LogP contribution in [0, 0.1) is 5.92 Å². The van der Waals surface area contributed by atoms with Crippen molar-refractivity contribution in [3.05, 3.63) is 48.3 Å². The first-order valence-electron chi connectivity index (χ1n) is 8.24. The molecule has 1 aromatic heterocycles. The normalized spacial score (nSPS) is 17.1. The van der Waals surface area contributed by atoms with E-state index in [0.717, 1.165) is 42.9 Å². The van der Waals surface area contributed by atoms with Gasteiger partial charge in [-0.2, -0.15) is 0 Å². The Labute approximate surface area is 142 Å². The molecule has 1 aliphatic heterocycles. The molecule has 1 aliphatic rings. The summed E-state index contributed by atoms with van der Waals surface area (Å²) in [6.45, 7) is 2.58. The zero-order chi connectivity index (χ0) is 16.9. The Hall–Kier alpha value is -2.40. The molecule has 0 bridgehead atoms. The minimum Gasteiger partial charge on any atom is -0.497 e. The first kappa shape index (κ1) is 16.5. The number of aromatic nitrogens is 1. The monoisotopic (exact) mass is 325 g/mol. The maximum absolute atomic E-state index is 12.7. The van der Waals surface area contributed by atoms with Gasteiger partial charge in [-0.15, -0.1) is 0 Å². The van der Waals surface area contributed by atoms with Crippen LogP contribution in [-0.2, 0) is 0 Å². The van der Waals surface area contributed by atoms with E-state index in [4.69, 9.17) is 4.74 Å². The minimum absolute atomic E-state index is 0.0662. The molecule has 1 saturated heterocycles. The number of carbonyl (C=O) groups is 1. The highest BCUT2D eigenvalue weighted by Gasteiger charge is 2.26. The third kappa shape index (κ3) is 3.57. The molecule has 0 aliphatic carbocycles. The summed E-state index contributed by atoms with van der Waals surface area (Å²) in [6.07, 6.45) is 4.49. The molecular weight excluding hydrogens is 302 g/mol. The summed E-state index contributed by atoms with van der Waals surface area (Å²) in [5.41, 5.74) is 2.61. The van der Waals surface area contributed by atoms with Crippen molar-refractivity contribution in [1.82, 2.24) is 15.2 Å². The second kappa shape index (κ2) is 7.45. The number of benzene rings is 1. The van der Waals surface area contributed by atoms with Crippen LogP contribution < -0.4 is 10.1 Å². The highest BCUT2D eigenvalue weighted by molar-refractivity contribution is 5.95. The standard InChI is InChI=1S/C19H23N3O2/c1-20-10-14-7-8-22(13-14)19(23)17-9-16(11-21-12-17)15-3-5-18(24-2)6-4-15/h3-6,9,11-12,14,20H,7-8,10,13H2,1-2H3/t14-/m0/s1. The molecule has 2 heterocycles. The zero-order valence-corrected chi connectivity index (χ0v) is 14.2. The number of nitrogens with zero attached hydrogens (tertiary/aromatic N) is 2. The van der Waals surface area contributed by atoms with Crippen molar-refractivity contribution in [1.29, 1.82) is 0 Å². The summed E-state index contributed by atoms with van der Waals surface area (Å²) in [5.74, 6) is 1.42. The molecule has 0 spiro atoms. The first-order valence-corrected chi connectivity index (χ1v) is 8.24. The van der Waals surface area contributed by atoms with Crippen LogP contribution in [0.2, 0.25) is 0 Å². The quantitative estimate of drug-likeness (QED) is 0.917. The molecule has 3 rings (SSSR count). The topological polar surface area (TPSA) is 54.5 Å². The Bertz CT molecular complexity index is 700. The van der Waals surface area contributed by atoms with Crippen molar-refractivity contribution in [3.8, 4) is 16.9 Å². The van der Waals surface area contributed by atoms with Crippen molar-refractivity contribution in [2.75, 3.05) is 33.8 Å². The maximum atomic E-state index is 12.7. The van der Waals surface area contributed by atoms with Gasteiger partial charge >= 0.3 is 0 Å². The second-order valence-corrected chi connectivity index (χ2v) is 6.15. The first-order chi connectivity index (χ1) is 11.7. The largest absolute Gasteiger partial charge is 0.497 e. The van der Waals surface area contributed by atoms with Crippen LogP contribution in [0.5, 0.6) is 5.75 Å². The van der Waals surface area contributed by atoms with E-state index in [1.165, 1.54) is 0 Å². The summed E-state index contributed by atoms with van der Waals surface area (Å²) in [5, 5.41) is 3.19. The fourth-order valence-corrected chi connectivity index (χ4v) is 3.15. The Morgan fingerprint density at radius 2 is 2.08 bits per heavy atom. The van der Waals surface area contributed by atoms with Gasteiger partial charge in [0.25, 0.3) is 5.91 Å². The number of hydrogen-bond acceptors (Lipinski definition) is 4. The molecule has 1 amide bonds. The van der Waals surface area contributed by atoms with E-state index in [-0.39, 0.29) is 5.91 Å². The maximum Gasteiger partial charge on any atom is 0.255 e. The van der Waals surface area contributed by atoms with Gasteiger partial charge in [-0.3, -0.25) is 9.78 Å². The van der Waals surface area contributed by atoms with Gasteiger partial charge in [0.05, 0.1) is 12.7 Å². The van der Waals surface area contributed by atoms with E-state index in [0.29, 0.717) is 11.5 Å². The Balaban J connectivity index is 1.76. The summed E-state index contributed by atoms with van der Waals surface area (Å²) in [4.78, 5) is 18.9. The average Bonchev–Trinajstić information content (AvgIpc) is 3.10.